The Hall–Kier alpha value is -2.58. The zero-order valence-electron chi connectivity index (χ0n) is 16.5. The summed E-state index contributed by atoms with van der Waals surface area (Å²) >= 11 is 0. The molecule has 7 nitrogen and oxygen atoms in total. The molecule has 1 heterocycles. The Bertz CT molecular complexity index is 1010. The molecule has 0 unspecified atom stereocenters. The summed E-state index contributed by atoms with van der Waals surface area (Å²) in [4.78, 5) is 14.9. The van der Waals surface area contributed by atoms with E-state index in [2.05, 4.69) is 10.0 Å². The summed E-state index contributed by atoms with van der Waals surface area (Å²) in [6, 6.07) is 13.2. The molecule has 2 N–H and O–H groups in total. The number of carbonyl (C=O) groups is 1. The molecule has 0 spiro atoms. The number of hydrogen-bond acceptors (Lipinski definition) is 4. The van der Waals surface area contributed by atoms with Crippen molar-refractivity contribution in [2.75, 3.05) is 19.0 Å². The average molecular weight is 416 g/mol. The molecule has 2 aromatic rings. The van der Waals surface area contributed by atoms with Crippen molar-refractivity contribution >= 4 is 21.7 Å². The number of nitrogens with one attached hydrogen (secondary N) is 2. The maximum absolute atomic E-state index is 12.9. The molecule has 2 bridgehead atoms. The minimum Gasteiger partial charge on any atom is -0.495 e. The van der Waals surface area contributed by atoms with Crippen LogP contribution < -0.4 is 14.8 Å². The van der Waals surface area contributed by atoms with Crippen LogP contribution in [0.5, 0.6) is 5.75 Å². The summed E-state index contributed by atoms with van der Waals surface area (Å²) in [5, 5.41) is 2.93. The zero-order chi connectivity index (χ0) is 20.6. The van der Waals surface area contributed by atoms with E-state index < -0.39 is 10.0 Å². The molecule has 1 saturated carbocycles. The number of benzene rings is 2. The molecule has 2 aromatic carbocycles. The van der Waals surface area contributed by atoms with Gasteiger partial charge in [-0.3, -0.25) is 0 Å². The molecule has 8 heteroatoms. The summed E-state index contributed by atoms with van der Waals surface area (Å²) < 4.78 is 33.6. The molecule has 4 rings (SSSR count). The van der Waals surface area contributed by atoms with Crippen molar-refractivity contribution in [3.63, 3.8) is 0 Å². The van der Waals surface area contributed by atoms with E-state index in [0.717, 1.165) is 18.4 Å². The number of nitrogens with zero attached hydrogens (tertiary/aromatic N) is 1. The molecule has 3 atom stereocenters. The fraction of sp³-hybridized carbons (Fsp3) is 0.381. The normalized spacial score (nSPS) is 23.2. The van der Waals surface area contributed by atoms with Crippen LogP contribution in [0.25, 0.3) is 0 Å². The Morgan fingerprint density at radius 3 is 2.59 bits per heavy atom. The van der Waals surface area contributed by atoms with Crippen molar-refractivity contribution in [1.82, 2.24) is 9.62 Å². The zero-order valence-corrected chi connectivity index (χ0v) is 17.3. The second kappa shape index (κ2) is 7.68. The quantitative estimate of drug-likeness (QED) is 0.786. The molecule has 0 radical (unpaired) electrons. The number of ether oxygens (including phenoxy) is 1. The molecule has 2 fully saturated rings. The summed E-state index contributed by atoms with van der Waals surface area (Å²) in [6.45, 7) is 2.58. The van der Waals surface area contributed by atoms with Crippen molar-refractivity contribution in [1.29, 1.82) is 0 Å². The third-order valence-electron chi connectivity index (χ3n) is 5.70. The Labute approximate surface area is 171 Å². The van der Waals surface area contributed by atoms with Gasteiger partial charge in [0, 0.05) is 12.6 Å². The standard InChI is InChI=1S/C21H25N3O4S/c1-14-8-9-20(28-2)18(10-14)22-21(25)24-13-15-11-17(19(24)12-15)23-29(26,27)16-6-4-3-5-7-16/h3-10,15,17,19,23H,11-13H2,1-2H3,(H,22,25)/t15-,17+,19-/m1/s1. The fourth-order valence-corrected chi connectivity index (χ4v) is 5.66. The maximum Gasteiger partial charge on any atom is 0.322 e. The second-order valence-corrected chi connectivity index (χ2v) is 9.45. The molecule has 1 saturated heterocycles. The number of fused-ring (bicyclic) bond motifs is 2. The number of sulfonamides is 1. The van der Waals surface area contributed by atoms with Crippen molar-refractivity contribution in [3.05, 3.63) is 54.1 Å². The monoisotopic (exact) mass is 415 g/mol. The van der Waals surface area contributed by atoms with E-state index in [1.54, 1.807) is 42.3 Å². The third kappa shape index (κ3) is 3.95. The van der Waals surface area contributed by atoms with Crippen LogP contribution in [0.15, 0.2) is 53.4 Å². The van der Waals surface area contributed by atoms with Gasteiger partial charge in [0.05, 0.1) is 23.7 Å². The van der Waals surface area contributed by atoms with Gasteiger partial charge >= 0.3 is 6.03 Å². The van der Waals surface area contributed by atoms with E-state index in [1.807, 2.05) is 25.1 Å². The topological polar surface area (TPSA) is 87.7 Å². The number of carbonyl (C=O) groups excluding carboxylic acids is 1. The highest BCUT2D eigenvalue weighted by Crippen LogP contribution is 2.39. The minimum atomic E-state index is -3.62. The predicted octanol–water partition coefficient (Wildman–Crippen LogP) is 2.98. The smallest absolute Gasteiger partial charge is 0.322 e. The number of piperidine rings is 1. The molecule has 1 aliphatic heterocycles. The molecular formula is C21H25N3O4S. The van der Waals surface area contributed by atoms with Gasteiger partial charge in [-0.15, -0.1) is 0 Å². The van der Waals surface area contributed by atoms with Crippen molar-refractivity contribution in [2.24, 2.45) is 5.92 Å². The van der Waals surface area contributed by atoms with Gasteiger partial charge in [0.2, 0.25) is 10.0 Å². The van der Waals surface area contributed by atoms with Gasteiger partial charge in [-0.2, -0.15) is 0 Å². The first-order valence-electron chi connectivity index (χ1n) is 9.67. The van der Waals surface area contributed by atoms with Gasteiger partial charge in [-0.1, -0.05) is 24.3 Å². The molecular weight excluding hydrogens is 390 g/mol. The van der Waals surface area contributed by atoms with Gasteiger partial charge in [-0.25, -0.2) is 17.9 Å². The number of urea groups is 1. The first kappa shape index (κ1) is 19.7. The molecule has 154 valence electrons. The third-order valence-corrected chi connectivity index (χ3v) is 7.21. The van der Waals surface area contributed by atoms with E-state index in [4.69, 9.17) is 4.74 Å². The van der Waals surface area contributed by atoms with Gasteiger partial charge in [0.1, 0.15) is 5.75 Å². The van der Waals surface area contributed by atoms with Gasteiger partial charge in [0.25, 0.3) is 0 Å². The number of anilines is 1. The maximum atomic E-state index is 12.9. The summed E-state index contributed by atoms with van der Waals surface area (Å²) in [5.41, 5.74) is 1.62. The van der Waals surface area contributed by atoms with Crippen LogP contribution in [0.2, 0.25) is 0 Å². The van der Waals surface area contributed by atoms with Crippen molar-refractivity contribution in [2.45, 2.75) is 36.7 Å². The van der Waals surface area contributed by atoms with Crippen LogP contribution in [0.3, 0.4) is 0 Å². The highest BCUT2D eigenvalue weighted by Gasteiger charge is 2.48. The largest absolute Gasteiger partial charge is 0.495 e. The van der Waals surface area contributed by atoms with Crippen molar-refractivity contribution in [3.8, 4) is 5.75 Å². The molecule has 2 aliphatic rings. The van der Waals surface area contributed by atoms with E-state index in [1.165, 1.54) is 0 Å². The van der Waals surface area contributed by atoms with Crippen LogP contribution >= 0.6 is 0 Å². The van der Waals surface area contributed by atoms with Crippen LogP contribution in [-0.2, 0) is 10.0 Å². The molecule has 1 aliphatic carbocycles. The van der Waals surface area contributed by atoms with Crippen LogP contribution in [0.4, 0.5) is 10.5 Å². The Balaban J connectivity index is 1.48. The number of amides is 2. The van der Waals surface area contributed by atoms with E-state index >= 15 is 0 Å². The highest BCUT2D eigenvalue weighted by molar-refractivity contribution is 7.89. The second-order valence-electron chi connectivity index (χ2n) is 7.73. The lowest BCUT2D eigenvalue weighted by Gasteiger charge is -2.33. The van der Waals surface area contributed by atoms with Crippen LogP contribution in [-0.4, -0.2) is 45.1 Å². The van der Waals surface area contributed by atoms with Gasteiger partial charge in [-0.05, 0) is 55.5 Å². The lowest BCUT2D eigenvalue weighted by atomic mass is 10.1. The minimum absolute atomic E-state index is 0.158. The molecule has 2 amide bonds. The highest BCUT2D eigenvalue weighted by atomic mass is 32.2. The summed E-state index contributed by atoms with van der Waals surface area (Å²) in [6.07, 6.45) is 1.55. The number of likely N-dealkylation sites (tertiary alicyclic amines) is 1. The first-order chi connectivity index (χ1) is 13.9. The number of hydrogen-bond donors (Lipinski definition) is 2. The SMILES string of the molecule is COc1ccc(C)cc1NC(=O)N1C[C@@H]2C[C@H](NS(=O)(=O)c3ccccc3)[C@H]1C2. The van der Waals surface area contributed by atoms with Gasteiger partial charge in [0.15, 0.2) is 0 Å². The van der Waals surface area contributed by atoms with E-state index in [-0.39, 0.29) is 23.0 Å². The number of methoxy groups -OCH3 is 1. The Morgan fingerprint density at radius 2 is 1.90 bits per heavy atom. The average Bonchev–Trinajstić information content (AvgIpc) is 3.29. The number of aryl methyl sites for hydroxylation is 1. The predicted molar refractivity (Wildman–Crippen MR) is 111 cm³/mol. The van der Waals surface area contributed by atoms with E-state index in [0.29, 0.717) is 23.9 Å². The lowest BCUT2D eigenvalue weighted by molar-refractivity contribution is 0.183. The Morgan fingerprint density at radius 1 is 1.14 bits per heavy atom. The van der Waals surface area contributed by atoms with Crippen LogP contribution in [0, 0.1) is 12.8 Å². The first-order valence-corrected chi connectivity index (χ1v) is 11.2. The van der Waals surface area contributed by atoms with E-state index in [9.17, 15) is 13.2 Å². The lowest BCUT2D eigenvalue weighted by Crippen LogP contribution is -2.52. The summed E-state index contributed by atoms with van der Waals surface area (Å²) in [5.74, 6) is 0.892. The fourth-order valence-electron chi connectivity index (χ4n) is 4.36. The molecule has 0 aromatic heterocycles. The molecule has 29 heavy (non-hydrogen) atoms. The summed E-state index contributed by atoms with van der Waals surface area (Å²) in [7, 11) is -2.06. The Kier molecular flexibility index (Phi) is 5.23. The van der Waals surface area contributed by atoms with Crippen molar-refractivity contribution < 1.29 is 17.9 Å². The van der Waals surface area contributed by atoms with Crippen LogP contribution in [0.1, 0.15) is 18.4 Å². The van der Waals surface area contributed by atoms with Gasteiger partial charge < -0.3 is 15.0 Å². The number of rotatable bonds is 5.